The lowest BCUT2D eigenvalue weighted by Crippen LogP contribution is -2.47. The number of hydrogen-bond donors (Lipinski definition) is 1. The number of aliphatic hydroxyl groups is 1. The van der Waals surface area contributed by atoms with Crippen molar-refractivity contribution in [2.45, 2.75) is 57.6 Å². The predicted octanol–water partition coefficient (Wildman–Crippen LogP) is 4.55. The largest absolute Gasteiger partial charge is 0.389 e. The van der Waals surface area contributed by atoms with Gasteiger partial charge >= 0.3 is 0 Å². The molecule has 20 heavy (non-hydrogen) atoms. The second kappa shape index (κ2) is 5.95. The Bertz CT molecular complexity index is 472. The van der Waals surface area contributed by atoms with Crippen LogP contribution in [0.25, 0.3) is 0 Å². The molecular weight excluding hydrogens is 270 g/mol. The van der Waals surface area contributed by atoms with E-state index in [4.69, 9.17) is 11.6 Å². The minimum absolute atomic E-state index is 0.453. The fourth-order valence-corrected chi connectivity index (χ4v) is 4.24. The topological polar surface area (TPSA) is 23.5 Å². The lowest BCUT2D eigenvalue weighted by atomic mass is 9.78. The van der Waals surface area contributed by atoms with Gasteiger partial charge in [0, 0.05) is 12.6 Å². The number of benzene rings is 1. The van der Waals surface area contributed by atoms with Gasteiger partial charge in [-0.05, 0) is 56.2 Å². The Morgan fingerprint density at radius 3 is 2.70 bits per heavy atom. The Balaban J connectivity index is 1.87. The number of rotatable bonds is 2. The molecule has 1 aliphatic carbocycles. The zero-order chi connectivity index (χ0) is 14.1. The van der Waals surface area contributed by atoms with E-state index in [-0.39, 0.29) is 0 Å². The highest BCUT2D eigenvalue weighted by Crippen LogP contribution is 2.40. The summed E-state index contributed by atoms with van der Waals surface area (Å²) in [6.07, 6.45) is 7.62. The summed E-state index contributed by atoms with van der Waals surface area (Å²) in [5.41, 5.74) is 2.06. The molecule has 2 fully saturated rings. The van der Waals surface area contributed by atoms with E-state index in [1.165, 1.54) is 38.5 Å². The van der Waals surface area contributed by atoms with Crippen molar-refractivity contribution in [3.63, 3.8) is 0 Å². The summed E-state index contributed by atoms with van der Waals surface area (Å²) in [6.45, 7) is 2.90. The summed E-state index contributed by atoms with van der Waals surface area (Å²) < 4.78 is 0. The summed E-state index contributed by atoms with van der Waals surface area (Å²) >= 11 is 6.49. The molecule has 1 aromatic rings. The zero-order valence-electron chi connectivity index (χ0n) is 12.2. The van der Waals surface area contributed by atoms with Crippen LogP contribution in [0.1, 0.15) is 57.1 Å². The third-order valence-electron chi connectivity index (χ3n) is 5.01. The molecule has 0 radical (unpaired) electrons. The number of nitrogens with zero attached hydrogens (tertiary/aromatic N) is 1. The molecule has 0 amide bonds. The second-order valence-corrected chi connectivity index (χ2v) is 6.74. The highest BCUT2D eigenvalue weighted by atomic mass is 35.5. The third-order valence-corrected chi connectivity index (χ3v) is 5.31. The molecule has 0 bridgehead atoms. The van der Waals surface area contributed by atoms with E-state index in [0.717, 1.165) is 28.7 Å². The average molecular weight is 294 g/mol. The molecule has 2 unspecified atom stereocenters. The molecule has 0 aromatic heterocycles. The smallest absolute Gasteiger partial charge is 0.0762 e. The van der Waals surface area contributed by atoms with E-state index in [1.54, 1.807) is 6.92 Å². The number of fused-ring (bicyclic) bond motifs is 1. The first-order valence-corrected chi connectivity index (χ1v) is 8.29. The predicted molar refractivity (Wildman–Crippen MR) is 84.4 cm³/mol. The summed E-state index contributed by atoms with van der Waals surface area (Å²) in [5.74, 6) is 0.852. The molecule has 110 valence electrons. The van der Waals surface area contributed by atoms with E-state index >= 15 is 0 Å². The van der Waals surface area contributed by atoms with Gasteiger partial charge in [-0.1, -0.05) is 30.5 Å². The first kappa shape index (κ1) is 14.2. The Hall–Kier alpha value is -0.730. The van der Waals surface area contributed by atoms with Crippen LogP contribution in [-0.2, 0) is 0 Å². The van der Waals surface area contributed by atoms with Gasteiger partial charge in [-0.2, -0.15) is 0 Å². The van der Waals surface area contributed by atoms with Crippen molar-refractivity contribution in [3.8, 4) is 0 Å². The van der Waals surface area contributed by atoms with Crippen LogP contribution in [0.4, 0.5) is 5.69 Å². The minimum Gasteiger partial charge on any atom is -0.389 e. The molecule has 3 rings (SSSR count). The van der Waals surface area contributed by atoms with E-state index in [0.29, 0.717) is 6.04 Å². The van der Waals surface area contributed by atoms with Crippen LogP contribution in [0.2, 0.25) is 5.02 Å². The molecular formula is C17H24ClNO. The monoisotopic (exact) mass is 293 g/mol. The SMILES string of the molecule is C[C@H](O)c1ccc(N2CCCC3CCCCC32)c(Cl)c1. The zero-order valence-corrected chi connectivity index (χ0v) is 12.9. The van der Waals surface area contributed by atoms with Gasteiger partial charge in [0.15, 0.2) is 0 Å². The van der Waals surface area contributed by atoms with Crippen LogP contribution < -0.4 is 4.90 Å². The van der Waals surface area contributed by atoms with Crippen molar-refractivity contribution in [1.82, 2.24) is 0 Å². The van der Waals surface area contributed by atoms with Crippen LogP contribution in [0.15, 0.2) is 18.2 Å². The molecule has 1 saturated carbocycles. The Morgan fingerprint density at radius 2 is 1.95 bits per heavy atom. The van der Waals surface area contributed by atoms with Crippen LogP contribution in [0.5, 0.6) is 0 Å². The summed E-state index contributed by atoms with van der Waals surface area (Å²) in [6, 6.07) is 6.71. The molecule has 0 spiro atoms. The average Bonchev–Trinajstić information content (AvgIpc) is 2.46. The normalized spacial score (nSPS) is 28.1. The standard InChI is InChI=1S/C17H24ClNO/c1-12(20)14-8-9-17(15(18)11-14)19-10-4-6-13-5-2-3-7-16(13)19/h8-9,11-13,16,20H,2-7,10H2,1H3/t12-,13?,16?/m0/s1. The molecule has 3 heteroatoms. The second-order valence-electron chi connectivity index (χ2n) is 6.33. The van der Waals surface area contributed by atoms with Crippen LogP contribution >= 0.6 is 11.6 Å². The molecule has 3 atom stereocenters. The maximum Gasteiger partial charge on any atom is 0.0762 e. The highest BCUT2D eigenvalue weighted by molar-refractivity contribution is 6.33. The molecule has 1 aliphatic heterocycles. The molecule has 1 aromatic carbocycles. The van der Waals surface area contributed by atoms with E-state index in [2.05, 4.69) is 11.0 Å². The van der Waals surface area contributed by atoms with Gasteiger partial charge in [0.2, 0.25) is 0 Å². The first-order chi connectivity index (χ1) is 9.66. The quantitative estimate of drug-likeness (QED) is 0.864. The molecule has 1 N–H and O–H groups in total. The van der Waals surface area contributed by atoms with Gasteiger partial charge < -0.3 is 10.0 Å². The van der Waals surface area contributed by atoms with Crippen molar-refractivity contribution in [2.75, 3.05) is 11.4 Å². The van der Waals surface area contributed by atoms with Crippen molar-refractivity contribution in [2.24, 2.45) is 5.92 Å². The van der Waals surface area contributed by atoms with Crippen molar-refractivity contribution in [3.05, 3.63) is 28.8 Å². The number of aliphatic hydroxyl groups excluding tert-OH is 1. The van der Waals surface area contributed by atoms with Crippen LogP contribution in [-0.4, -0.2) is 17.7 Å². The molecule has 2 nitrogen and oxygen atoms in total. The maximum atomic E-state index is 9.66. The van der Waals surface area contributed by atoms with Crippen LogP contribution in [0, 0.1) is 5.92 Å². The van der Waals surface area contributed by atoms with E-state index < -0.39 is 6.10 Å². The van der Waals surface area contributed by atoms with Crippen molar-refractivity contribution in [1.29, 1.82) is 0 Å². The van der Waals surface area contributed by atoms with Gasteiger partial charge in [0.05, 0.1) is 16.8 Å². The highest BCUT2D eigenvalue weighted by Gasteiger charge is 2.33. The summed E-state index contributed by atoms with van der Waals surface area (Å²) in [5, 5.41) is 10.5. The minimum atomic E-state index is -0.453. The number of hydrogen-bond acceptors (Lipinski definition) is 2. The Labute approximate surface area is 126 Å². The third kappa shape index (κ3) is 2.68. The first-order valence-electron chi connectivity index (χ1n) is 7.91. The fraction of sp³-hybridized carbons (Fsp3) is 0.647. The lowest BCUT2D eigenvalue weighted by Gasteiger charge is -2.45. The molecule has 1 saturated heterocycles. The van der Waals surface area contributed by atoms with Gasteiger partial charge in [-0.3, -0.25) is 0 Å². The Morgan fingerprint density at radius 1 is 1.20 bits per heavy atom. The Kier molecular flexibility index (Phi) is 4.23. The van der Waals surface area contributed by atoms with Crippen molar-refractivity contribution >= 4 is 17.3 Å². The maximum absolute atomic E-state index is 9.66. The summed E-state index contributed by atoms with van der Waals surface area (Å²) in [4.78, 5) is 2.53. The van der Waals surface area contributed by atoms with Crippen molar-refractivity contribution < 1.29 is 5.11 Å². The van der Waals surface area contributed by atoms with Crippen LogP contribution in [0.3, 0.4) is 0 Å². The number of halogens is 1. The molecule has 1 heterocycles. The number of anilines is 1. The van der Waals surface area contributed by atoms with Gasteiger partial charge in [0.25, 0.3) is 0 Å². The van der Waals surface area contributed by atoms with Gasteiger partial charge in [0.1, 0.15) is 0 Å². The van der Waals surface area contributed by atoms with E-state index in [1.807, 2.05) is 12.1 Å². The fourth-order valence-electron chi connectivity index (χ4n) is 3.94. The lowest BCUT2D eigenvalue weighted by molar-refractivity contribution is 0.199. The number of piperidine rings is 1. The van der Waals surface area contributed by atoms with Gasteiger partial charge in [-0.25, -0.2) is 0 Å². The molecule has 2 aliphatic rings. The van der Waals surface area contributed by atoms with Gasteiger partial charge in [-0.15, -0.1) is 0 Å². The van der Waals surface area contributed by atoms with E-state index in [9.17, 15) is 5.11 Å². The summed E-state index contributed by atoms with van der Waals surface area (Å²) in [7, 11) is 0.